The highest BCUT2D eigenvalue weighted by Gasteiger charge is 2.30. The van der Waals surface area contributed by atoms with Gasteiger partial charge in [0.15, 0.2) is 12.2 Å². The number of phosphoric ester groups is 2. The highest BCUT2D eigenvalue weighted by Crippen LogP contribution is 2.45. The normalized spacial score (nSPS) is 15.0. The Morgan fingerprint density at radius 2 is 0.511 bits per heavy atom. The average Bonchev–Trinajstić information content (AvgIpc) is 1.48. The number of ether oxygens (including phenoxy) is 4. The Morgan fingerprint density at radius 1 is 0.298 bits per heavy atom. The first-order chi connectivity index (χ1) is 45.2. The summed E-state index contributed by atoms with van der Waals surface area (Å²) in [6.07, 6.45) is 48.4. The molecule has 19 heteroatoms. The van der Waals surface area contributed by atoms with Gasteiger partial charge in [0.25, 0.3) is 0 Å². The molecule has 0 heterocycles. The fourth-order valence-corrected chi connectivity index (χ4v) is 12.9. The van der Waals surface area contributed by atoms with E-state index >= 15 is 0 Å². The van der Waals surface area contributed by atoms with Gasteiger partial charge in [-0.1, -0.05) is 325 Å². The maximum absolute atomic E-state index is 13.1. The van der Waals surface area contributed by atoms with Gasteiger partial charge < -0.3 is 33.8 Å². The number of carbonyl (C=O) groups excluding carboxylic acids is 4. The summed E-state index contributed by atoms with van der Waals surface area (Å²) < 4.78 is 68.5. The van der Waals surface area contributed by atoms with E-state index in [1.165, 1.54) is 173 Å². The van der Waals surface area contributed by atoms with Crippen molar-refractivity contribution in [1.29, 1.82) is 0 Å². The molecule has 0 aromatic carbocycles. The quantitative estimate of drug-likeness (QED) is 0.0222. The molecule has 17 nitrogen and oxygen atoms in total. The first-order valence-corrected chi connectivity index (χ1v) is 41.8. The Labute approximate surface area is 575 Å². The van der Waals surface area contributed by atoms with Gasteiger partial charge in [0.2, 0.25) is 0 Å². The topological polar surface area (TPSA) is 237 Å². The lowest BCUT2D eigenvalue weighted by atomic mass is 9.99. The van der Waals surface area contributed by atoms with Gasteiger partial charge in [0.1, 0.15) is 19.3 Å². The predicted octanol–water partition coefficient (Wildman–Crippen LogP) is 21.7. The van der Waals surface area contributed by atoms with Gasteiger partial charge in [-0.05, 0) is 49.4 Å². The number of phosphoric acid groups is 2. The van der Waals surface area contributed by atoms with E-state index in [4.69, 9.17) is 37.0 Å². The molecule has 0 aliphatic rings. The third kappa shape index (κ3) is 64.7. The summed E-state index contributed by atoms with van der Waals surface area (Å²) in [5, 5.41) is 10.6. The third-order valence-electron chi connectivity index (χ3n) is 18.4. The molecule has 0 fully saturated rings. The van der Waals surface area contributed by atoms with E-state index in [0.29, 0.717) is 25.7 Å². The highest BCUT2D eigenvalue weighted by atomic mass is 31.2. The molecule has 8 atom stereocenters. The van der Waals surface area contributed by atoms with Crippen LogP contribution in [0.5, 0.6) is 0 Å². The van der Waals surface area contributed by atoms with Crippen molar-refractivity contribution in [3.8, 4) is 0 Å². The third-order valence-corrected chi connectivity index (χ3v) is 20.3. The van der Waals surface area contributed by atoms with Crippen molar-refractivity contribution in [3.05, 3.63) is 0 Å². The minimum absolute atomic E-state index is 0.105. The van der Waals surface area contributed by atoms with E-state index in [1.54, 1.807) is 0 Å². The van der Waals surface area contributed by atoms with Crippen LogP contribution in [0.15, 0.2) is 0 Å². The molecule has 94 heavy (non-hydrogen) atoms. The van der Waals surface area contributed by atoms with Gasteiger partial charge in [0.05, 0.1) is 26.4 Å². The van der Waals surface area contributed by atoms with Crippen LogP contribution < -0.4 is 0 Å². The smallest absolute Gasteiger partial charge is 0.462 e. The number of rotatable bonds is 72. The summed E-state index contributed by atoms with van der Waals surface area (Å²) in [4.78, 5) is 72.8. The number of esters is 4. The Hall–Kier alpha value is -1.94. The molecule has 0 aliphatic carbocycles. The summed E-state index contributed by atoms with van der Waals surface area (Å²) in [5.74, 6) is 1.00. The van der Waals surface area contributed by atoms with Crippen molar-refractivity contribution in [3.63, 3.8) is 0 Å². The molecular formula is C75H146O17P2. The Bertz CT molecular complexity index is 1860. The van der Waals surface area contributed by atoms with Crippen molar-refractivity contribution in [1.82, 2.24) is 0 Å². The van der Waals surface area contributed by atoms with Crippen LogP contribution in [0, 0.1) is 23.7 Å². The second-order valence-corrected chi connectivity index (χ2v) is 31.1. The molecule has 0 spiro atoms. The maximum Gasteiger partial charge on any atom is 0.472 e. The predicted molar refractivity (Wildman–Crippen MR) is 381 cm³/mol. The summed E-state index contributed by atoms with van der Waals surface area (Å²) >= 11 is 0. The van der Waals surface area contributed by atoms with Gasteiger partial charge in [-0.25, -0.2) is 9.13 Å². The van der Waals surface area contributed by atoms with Gasteiger partial charge in [-0.2, -0.15) is 0 Å². The van der Waals surface area contributed by atoms with Crippen LogP contribution in [0.25, 0.3) is 0 Å². The van der Waals surface area contributed by atoms with Crippen molar-refractivity contribution in [2.24, 2.45) is 23.7 Å². The molecular weight excluding hydrogens is 1230 g/mol. The van der Waals surface area contributed by atoms with Crippen LogP contribution in [-0.2, 0) is 65.4 Å². The van der Waals surface area contributed by atoms with E-state index in [0.717, 1.165) is 120 Å². The Kier molecular flexibility index (Phi) is 63.1. The molecule has 0 saturated carbocycles. The van der Waals surface area contributed by atoms with Gasteiger partial charge in [-0.3, -0.25) is 37.3 Å². The first-order valence-electron chi connectivity index (χ1n) is 38.8. The number of aliphatic hydroxyl groups excluding tert-OH is 1. The van der Waals surface area contributed by atoms with Gasteiger partial charge in [0, 0.05) is 25.7 Å². The second-order valence-electron chi connectivity index (χ2n) is 28.2. The molecule has 0 aromatic rings. The number of aliphatic hydroxyl groups is 1. The molecule has 5 unspecified atom stereocenters. The SMILES string of the molecule is CCC(C)CCCCCCCCCCCCCCCCC(=O)O[C@H](COC(=O)CCCCCCCCCCCC(C)C)COP(=O)(O)OC[C@@H](O)COP(=O)(O)OC[C@@H](COC(=O)CCCCCCCCC(C)CC)OC(=O)CCCCCCCCCCCCC(C)CC. The molecule has 3 N–H and O–H groups in total. The van der Waals surface area contributed by atoms with Gasteiger partial charge in [-0.15, -0.1) is 0 Å². The largest absolute Gasteiger partial charge is 0.472 e. The monoisotopic (exact) mass is 1380 g/mol. The molecule has 0 aromatic heterocycles. The van der Waals surface area contributed by atoms with Crippen molar-refractivity contribution >= 4 is 39.5 Å². The van der Waals surface area contributed by atoms with Crippen LogP contribution in [0.1, 0.15) is 376 Å². The van der Waals surface area contributed by atoms with Gasteiger partial charge >= 0.3 is 39.5 Å². The molecule has 0 saturated heterocycles. The van der Waals surface area contributed by atoms with Crippen LogP contribution in [0.4, 0.5) is 0 Å². The number of unbranched alkanes of at least 4 members (excludes halogenated alkanes) is 35. The number of carbonyl (C=O) groups is 4. The highest BCUT2D eigenvalue weighted by molar-refractivity contribution is 7.47. The van der Waals surface area contributed by atoms with Crippen LogP contribution >= 0.6 is 15.6 Å². The first kappa shape index (κ1) is 92.1. The summed E-state index contributed by atoms with van der Waals surface area (Å²) in [6, 6.07) is 0. The van der Waals surface area contributed by atoms with Crippen LogP contribution in [0.3, 0.4) is 0 Å². The zero-order chi connectivity index (χ0) is 69.6. The second kappa shape index (κ2) is 64.4. The van der Waals surface area contributed by atoms with Crippen LogP contribution in [-0.4, -0.2) is 96.7 Å². The lowest BCUT2D eigenvalue weighted by Gasteiger charge is -2.21. The van der Waals surface area contributed by atoms with E-state index in [-0.39, 0.29) is 25.7 Å². The zero-order valence-corrected chi connectivity index (χ0v) is 63.4. The average molecular weight is 1380 g/mol. The minimum atomic E-state index is -4.96. The zero-order valence-electron chi connectivity index (χ0n) is 61.6. The summed E-state index contributed by atoms with van der Waals surface area (Å²) in [5.41, 5.74) is 0. The van der Waals surface area contributed by atoms with Crippen molar-refractivity contribution in [2.75, 3.05) is 39.6 Å². The molecule has 0 bridgehead atoms. The molecule has 558 valence electrons. The number of hydrogen-bond acceptors (Lipinski definition) is 15. The Balaban J connectivity index is 5.25. The number of hydrogen-bond donors (Lipinski definition) is 3. The molecule has 0 rings (SSSR count). The lowest BCUT2D eigenvalue weighted by Crippen LogP contribution is -2.30. The molecule has 0 amide bonds. The minimum Gasteiger partial charge on any atom is -0.462 e. The standard InChI is InChI=1S/C75H146O17P2/c1-9-66(6)52-44-36-28-22-16-14-12-13-15-17-24-31-41-49-57-74(79)91-70(61-85-72(77)55-47-39-30-26-20-21-27-35-43-51-65(4)5)63-89-93(81,82)87-59-69(76)60-88-94(83,84)90-64-71(62-86-73(78)56-48-40-34-33-38-46-54-68(8)11-3)92-75(80)58-50-42-32-25-19-18-23-29-37-45-53-67(7)10-2/h65-71,76H,9-64H2,1-8H3,(H,81,82)(H,83,84)/t66?,67?,68?,69-,70-,71-/m1/s1. The summed E-state index contributed by atoms with van der Waals surface area (Å²) in [7, 11) is -9.91. The van der Waals surface area contributed by atoms with Crippen molar-refractivity contribution < 1.29 is 80.2 Å². The summed E-state index contributed by atoms with van der Waals surface area (Å²) in [6.45, 7) is 14.2. The lowest BCUT2D eigenvalue weighted by molar-refractivity contribution is -0.161. The molecule has 0 aliphatic heterocycles. The fraction of sp³-hybridized carbons (Fsp3) is 0.947. The fourth-order valence-electron chi connectivity index (χ4n) is 11.3. The van der Waals surface area contributed by atoms with E-state index < -0.39 is 97.5 Å². The van der Waals surface area contributed by atoms with E-state index in [1.807, 2.05) is 0 Å². The van der Waals surface area contributed by atoms with E-state index in [2.05, 4.69) is 55.4 Å². The van der Waals surface area contributed by atoms with Crippen LogP contribution in [0.2, 0.25) is 0 Å². The van der Waals surface area contributed by atoms with Crippen molar-refractivity contribution in [2.45, 2.75) is 395 Å². The Morgan fingerprint density at radius 3 is 0.755 bits per heavy atom. The molecule has 0 radical (unpaired) electrons. The maximum atomic E-state index is 13.1. The van der Waals surface area contributed by atoms with E-state index in [9.17, 15) is 43.2 Å².